The Hall–Kier alpha value is -2.36. The van der Waals surface area contributed by atoms with E-state index in [-0.39, 0.29) is 0 Å². The van der Waals surface area contributed by atoms with Crippen LogP contribution in [0.4, 0.5) is 0 Å². The predicted octanol–water partition coefficient (Wildman–Crippen LogP) is 1.83. The maximum atomic E-state index is 11.4. The average molecular weight is 225 g/mol. The highest BCUT2D eigenvalue weighted by molar-refractivity contribution is 6.16. The lowest BCUT2D eigenvalue weighted by Gasteiger charge is -1.98. The topological polar surface area (TPSA) is 60.9 Å². The number of primary amides is 1. The minimum atomic E-state index is -0.494. The molecule has 0 saturated heterocycles. The van der Waals surface area contributed by atoms with Crippen LogP contribution in [0.1, 0.15) is 10.5 Å². The zero-order valence-corrected chi connectivity index (χ0v) is 9.34. The van der Waals surface area contributed by atoms with Gasteiger partial charge in [-0.05, 0) is 12.1 Å². The lowest BCUT2D eigenvalue weighted by Crippen LogP contribution is -2.13. The normalized spacial score (nSPS) is 11.1. The Kier molecular flexibility index (Phi) is 1.92. The number of pyridine rings is 1. The number of fused-ring (bicyclic) bond motifs is 3. The molecule has 0 radical (unpaired) electrons. The molecule has 0 fully saturated rings. The Balaban J connectivity index is 2.63. The summed E-state index contributed by atoms with van der Waals surface area (Å²) in [6.07, 6.45) is 1.61. The molecule has 0 bridgehead atoms. The number of amides is 1. The van der Waals surface area contributed by atoms with Gasteiger partial charge in [-0.15, -0.1) is 0 Å². The fourth-order valence-corrected chi connectivity index (χ4v) is 2.29. The van der Waals surface area contributed by atoms with Crippen molar-refractivity contribution in [3.8, 4) is 0 Å². The quantitative estimate of drug-likeness (QED) is 0.686. The second-order valence-electron chi connectivity index (χ2n) is 3.99. The van der Waals surface area contributed by atoms with Crippen LogP contribution >= 0.6 is 0 Å². The Bertz CT molecular complexity index is 743. The first-order valence-corrected chi connectivity index (χ1v) is 5.32. The second kappa shape index (κ2) is 3.31. The summed E-state index contributed by atoms with van der Waals surface area (Å²) in [7, 11) is 1.97. The number of rotatable bonds is 1. The highest BCUT2D eigenvalue weighted by Crippen LogP contribution is 2.29. The maximum absolute atomic E-state index is 11.4. The summed E-state index contributed by atoms with van der Waals surface area (Å²) in [6, 6.07) is 9.80. The highest BCUT2D eigenvalue weighted by atomic mass is 16.1. The van der Waals surface area contributed by atoms with Crippen molar-refractivity contribution in [1.82, 2.24) is 9.55 Å². The van der Waals surface area contributed by atoms with E-state index in [2.05, 4.69) is 4.98 Å². The number of nitrogens with two attached hydrogens (primary N) is 1. The van der Waals surface area contributed by atoms with Crippen molar-refractivity contribution in [2.45, 2.75) is 0 Å². The molecule has 0 unspecified atom stereocenters. The van der Waals surface area contributed by atoms with Gasteiger partial charge in [-0.3, -0.25) is 9.78 Å². The molecule has 2 aromatic heterocycles. The van der Waals surface area contributed by atoms with Crippen molar-refractivity contribution in [2.75, 3.05) is 0 Å². The van der Waals surface area contributed by atoms with E-state index >= 15 is 0 Å². The van der Waals surface area contributed by atoms with Crippen LogP contribution in [-0.4, -0.2) is 15.5 Å². The molecule has 0 spiro atoms. The van der Waals surface area contributed by atoms with Crippen LogP contribution in [0.2, 0.25) is 0 Å². The number of nitrogens with zero attached hydrogens (tertiary/aromatic N) is 2. The summed E-state index contributed by atoms with van der Waals surface area (Å²) < 4.78 is 2.04. The van der Waals surface area contributed by atoms with Gasteiger partial charge in [0.05, 0.1) is 5.52 Å². The van der Waals surface area contributed by atoms with E-state index in [0.717, 1.165) is 21.8 Å². The van der Waals surface area contributed by atoms with Crippen molar-refractivity contribution in [2.24, 2.45) is 12.8 Å². The van der Waals surface area contributed by atoms with Gasteiger partial charge in [0, 0.05) is 29.5 Å². The van der Waals surface area contributed by atoms with Crippen molar-refractivity contribution in [1.29, 1.82) is 0 Å². The summed E-state index contributed by atoms with van der Waals surface area (Å²) in [5.74, 6) is -0.494. The first kappa shape index (κ1) is 9.84. The van der Waals surface area contributed by atoms with E-state index in [9.17, 15) is 4.79 Å². The monoisotopic (exact) mass is 225 g/mol. The lowest BCUT2D eigenvalue weighted by molar-refractivity contribution is 0.0997. The molecule has 1 amide bonds. The molecule has 2 N–H and O–H groups in total. The number of aryl methyl sites for hydroxylation is 1. The molecule has 0 saturated carbocycles. The van der Waals surface area contributed by atoms with Gasteiger partial charge in [0.2, 0.25) is 0 Å². The van der Waals surface area contributed by atoms with Crippen molar-refractivity contribution < 1.29 is 4.79 Å². The number of aromatic nitrogens is 2. The van der Waals surface area contributed by atoms with Gasteiger partial charge in [0.1, 0.15) is 5.69 Å². The number of hydrogen-bond donors (Lipinski definition) is 1. The Morgan fingerprint density at radius 3 is 2.76 bits per heavy atom. The molecule has 84 valence electrons. The molecule has 0 aliphatic rings. The second-order valence-corrected chi connectivity index (χ2v) is 3.99. The molecular weight excluding hydrogens is 214 g/mol. The summed E-state index contributed by atoms with van der Waals surface area (Å²) in [4.78, 5) is 15.5. The van der Waals surface area contributed by atoms with Crippen LogP contribution in [0.15, 0.2) is 36.5 Å². The molecule has 4 heteroatoms. The molecule has 3 aromatic rings. The Labute approximate surface area is 97.7 Å². The minimum absolute atomic E-state index is 0.333. The van der Waals surface area contributed by atoms with Crippen molar-refractivity contribution in [3.63, 3.8) is 0 Å². The van der Waals surface area contributed by atoms with Gasteiger partial charge < -0.3 is 10.3 Å². The lowest BCUT2D eigenvalue weighted by atomic mass is 10.1. The first-order valence-electron chi connectivity index (χ1n) is 5.32. The largest absolute Gasteiger partial charge is 0.364 e. The standard InChI is InChI=1S/C13H11N3O/c1-16-9-5-3-2-4-8(9)11-10(16)6-7-15-12(11)13(14)17/h2-7H,1H3,(H2,14,17). The molecule has 0 atom stereocenters. The molecular formula is C13H11N3O. The van der Waals surface area contributed by atoms with Crippen LogP contribution in [0.5, 0.6) is 0 Å². The van der Waals surface area contributed by atoms with E-state index in [4.69, 9.17) is 5.73 Å². The van der Waals surface area contributed by atoms with E-state index < -0.39 is 5.91 Å². The number of hydrogen-bond acceptors (Lipinski definition) is 2. The summed E-state index contributed by atoms with van der Waals surface area (Å²) >= 11 is 0. The first-order chi connectivity index (χ1) is 8.20. The van der Waals surface area contributed by atoms with Crippen LogP contribution in [-0.2, 0) is 7.05 Å². The fourth-order valence-electron chi connectivity index (χ4n) is 2.29. The third-order valence-corrected chi connectivity index (χ3v) is 3.06. The Morgan fingerprint density at radius 2 is 2.00 bits per heavy atom. The highest BCUT2D eigenvalue weighted by Gasteiger charge is 2.14. The maximum Gasteiger partial charge on any atom is 0.268 e. The fraction of sp³-hybridized carbons (Fsp3) is 0.0769. The molecule has 0 aliphatic carbocycles. The van der Waals surface area contributed by atoms with Crippen LogP contribution in [0.25, 0.3) is 21.8 Å². The van der Waals surface area contributed by atoms with E-state index in [1.54, 1.807) is 6.20 Å². The molecule has 0 aliphatic heterocycles. The Morgan fingerprint density at radius 1 is 1.24 bits per heavy atom. The SMILES string of the molecule is Cn1c2ccccc2c2c(C(N)=O)nccc21. The van der Waals surface area contributed by atoms with Gasteiger partial charge in [-0.25, -0.2) is 0 Å². The zero-order chi connectivity index (χ0) is 12.0. The van der Waals surface area contributed by atoms with Gasteiger partial charge >= 0.3 is 0 Å². The molecule has 3 rings (SSSR count). The minimum Gasteiger partial charge on any atom is -0.364 e. The van der Waals surface area contributed by atoms with Crippen molar-refractivity contribution >= 4 is 27.7 Å². The number of para-hydroxylation sites is 1. The van der Waals surface area contributed by atoms with E-state index in [1.807, 2.05) is 41.9 Å². The van der Waals surface area contributed by atoms with E-state index in [1.165, 1.54) is 0 Å². The van der Waals surface area contributed by atoms with Gasteiger partial charge in [-0.2, -0.15) is 0 Å². The van der Waals surface area contributed by atoms with Gasteiger partial charge in [0.15, 0.2) is 0 Å². The van der Waals surface area contributed by atoms with Crippen LogP contribution in [0, 0.1) is 0 Å². The van der Waals surface area contributed by atoms with Gasteiger partial charge in [-0.1, -0.05) is 18.2 Å². The number of carbonyl (C=O) groups excluding carboxylic acids is 1. The zero-order valence-electron chi connectivity index (χ0n) is 9.34. The molecule has 17 heavy (non-hydrogen) atoms. The molecule has 2 heterocycles. The van der Waals surface area contributed by atoms with E-state index in [0.29, 0.717) is 5.69 Å². The number of benzene rings is 1. The average Bonchev–Trinajstić information content (AvgIpc) is 2.64. The summed E-state index contributed by atoms with van der Waals surface area (Å²) in [6.45, 7) is 0. The molecule has 4 nitrogen and oxygen atoms in total. The summed E-state index contributed by atoms with van der Waals surface area (Å²) in [5, 5.41) is 1.84. The van der Waals surface area contributed by atoms with Crippen LogP contribution < -0.4 is 5.73 Å². The number of carbonyl (C=O) groups is 1. The van der Waals surface area contributed by atoms with Gasteiger partial charge in [0.25, 0.3) is 5.91 Å². The third kappa shape index (κ3) is 1.24. The smallest absolute Gasteiger partial charge is 0.268 e. The summed E-state index contributed by atoms with van der Waals surface area (Å²) in [5.41, 5.74) is 7.74. The van der Waals surface area contributed by atoms with Crippen LogP contribution in [0.3, 0.4) is 0 Å². The predicted molar refractivity (Wildman–Crippen MR) is 66.7 cm³/mol. The van der Waals surface area contributed by atoms with Crippen molar-refractivity contribution in [3.05, 3.63) is 42.2 Å². The third-order valence-electron chi connectivity index (χ3n) is 3.06. The molecule has 1 aromatic carbocycles.